The number of halogens is 1. The first kappa shape index (κ1) is 20.4. The van der Waals surface area contributed by atoms with Crippen molar-refractivity contribution in [1.29, 1.82) is 0 Å². The van der Waals surface area contributed by atoms with Gasteiger partial charge in [0.25, 0.3) is 11.8 Å². The molecule has 2 heterocycles. The first-order valence-corrected chi connectivity index (χ1v) is 9.18. The van der Waals surface area contributed by atoms with E-state index in [1.807, 2.05) is 0 Å². The molecular formula is C19H21FN4O5. The lowest BCUT2D eigenvalue weighted by atomic mass is 9.93. The first-order valence-electron chi connectivity index (χ1n) is 9.18. The van der Waals surface area contributed by atoms with Crippen molar-refractivity contribution in [3.63, 3.8) is 0 Å². The number of carbonyl (C=O) groups is 3. The average molecular weight is 404 g/mol. The number of ether oxygens (including phenoxy) is 1. The summed E-state index contributed by atoms with van der Waals surface area (Å²) in [6.45, 7) is 4.36. The van der Waals surface area contributed by atoms with Crippen LogP contribution in [0.4, 0.5) is 9.18 Å². The van der Waals surface area contributed by atoms with Crippen LogP contribution in [0.5, 0.6) is 0 Å². The highest BCUT2D eigenvalue weighted by molar-refractivity contribution is 6.08. The number of benzene rings is 1. The maximum atomic E-state index is 13.7. The summed E-state index contributed by atoms with van der Waals surface area (Å²) in [6, 6.07) is 3.88. The van der Waals surface area contributed by atoms with Crippen molar-refractivity contribution in [3.8, 4) is 11.4 Å². The molecule has 2 aromatic rings. The molecule has 10 heteroatoms. The van der Waals surface area contributed by atoms with Crippen molar-refractivity contribution in [2.75, 3.05) is 6.54 Å². The smallest absolute Gasteiger partial charge is 0.326 e. The predicted octanol–water partition coefficient (Wildman–Crippen LogP) is 2.34. The van der Waals surface area contributed by atoms with Gasteiger partial charge >= 0.3 is 12.0 Å². The van der Waals surface area contributed by atoms with Gasteiger partial charge < -0.3 is 14.6 Å². The lowest BCUT2D eigenvalue weighted by molar-refractivity contribution is -0.149. The molecule has 0 bridgehead atoms. The van der Waals surface area contributed by atoms with E-state index in [9.17, 15) is 18.8 Å². The van der Waals surface area contributed by atoms with Crippen LogP contribution in [0.3, 0.4) is 0 Å². The van der Waals surface area contributed by atoms with Crippen molar-refractivity contribution in [2.24, 2.45) is 0 Å². The van der Waals surface area contributed by atoms with Crippen LogP contribution in [-0.4, -0.2) is 45.0 Å². The fraction of sp³-hybridized carbons (Fsp3) is 0.421. The van der Waals surface area contributed by atoms with Crippen LogP contribution in [0, 0.1) is 12.7 Å². The molecule has 1 fully saturated rings. The molecule has 1 N–H and O–H groups in total. The van der Waals surface area contributed by atoms with Crippen LogP contribution in [0.25, 0.3) is 11.4 Å². The third-order valence-electron chi connectivity index (χ3n) is 4.99. The third kappa shape index (κ3) is 3.96. The Morgan fingerprint density at radius 2 is 2.03 bits per heavy atom. The van der Waals surface area contributed by atoms with Crippen LogP contribution < -0.4 is 5.32 Å². The fourth-order valence-corrected chi connectivity index (χ4v) is 3.03. The summed E-state index contributed by atoms with van der Waals surface area (Å²) in [4.78, 5) is 41.5. The SMILES string of the molecule is CCC1(CC)NC(=O)N(CC(=O)OCc2nc(-c3ccc(C)c(F)c3)no2)C1=O. The Bertz CT molecular complexity index is 954. The van der Waals surface area contributed by atoms with Crippen LogP contribution in [0.2, 0.25) is 0 Å². The molecule has 0 spiro atoms. The van der Waals surface area contributed by atoms with Gasteiger partial charge in [0.05, 0.1) is 0 Å². The molecule has 0 unspecified atom stereocenters. The highest BCUT2D eigenvalue weighted by atomic mass is 19.1. The van der Waals surface area contributed by atoms with E-state index in [2.05, 4.69) is 15.5 Å². The van der Waals surface area contributed by atoms with Gasteiger partial charge in [-0.05, 0) is 31.4 Å². The maximum Gasteiger partial charge on any atom is 0.326 e. The summed E-state index contributed by atoms with van der Waals surface area (Å²) < 4.78 is 23.7. The molecule has 0 saturated carbocycles. The molecular weight excluding hydrogens is 383 g/mol. The van der Waals surface area contributed by atoms with Crippen molar-refractivity contribution in [3.05, 3.63) is 35.5 Å². The second-order valence-corrected chi connectivity index (χ2v) is 6.75. The minimum Gasteiger partial charge on any atom is -0.454 e. The number of nitrogens with zero attached hydrogens (tertiary/aromatic N) is 3. The standard InChI is InChI=1S/C19H21FN4O5/c1-4-19(5-2)17(26)24(18(27)22-19)9-15(25)28-10-14-21-16(23-29-14)12-7-6-11(3)13(20)8-12/h6-8H,4-5,9-10H2,1-3H3,(H,22,27). The second-order valence-electron chi connectivity index (χ2n) is 6.75. The molecule has 0 atom stereocenters. The summed E-state index contributed by atoms with van der Waals surface area (Å²) in [6.07, 6.45) is 0.841. The normalized spacial score (nSPS) is 15.5. The molecule has 1 saturated heterocycles. The Morgan fingerprint density at radius 3 is 2.66 bits per heavy atom. The molecule has 1 aliphatic rings. The van der Waals surface area contributed by atoms with E-state index >= 15 is 0 Å². The highest BCUT2D eigenvalue weighted by Crippen LogP contribution is 2.25. The third-order valence-corrected chi connectivity index (χ3v) is 4.99. The van der Waals surface area contributed by atoms with Crippen LogP contribution in [-0.2, 0) is 20.9 Å². The van der Waals surface area contributed by atoms with Crippen molar-refractivity contribution >= 4 is 17.9 Å². The van der Waals surface area contributed by atoms with Gasteiger partial charge in [0.15, 0.2) is 6.61 Å². The Hall–Kier alpha value is -3.30. The van der Waals surface area contributed by atoms with E-state index in [-0.39, 0.29) is 18.3 Å². The van der Waals surface area contributed by atoms with Crippen LogP contribution >= 0.6 is 0 Å². The molecule has 3 amide bonds. The van der Waals surface area contributed by atoms with Crippen LogP contribution in [0.1, 0.15) is 38.1 Å². The zero-order chi connectivity index (χ0) is 21.2. The van der Waals surface area contributed by atoms with E-state index in [0.717, 1.165) is 4.90 Å². The summed E-state index contributed by atoms with van der Waals surface area (Å²) >= 11 is 0. The number of rotatable bonds is 7. The molecule has 9 nitrogen and oxygen atoms in total. The zero-order valence-electron chi connectivity index (χ0n) is 16.3. The van der Waals surface area contributed by atoms with Gasteiger partial charge in [-0.1, -0.05) is 31.1 Å². The number of imide groups is 1. The first-order chi connectivity index (χ1) is 13.8. The molecule has 1 aromatic heterocycles. The predicted molar refractivity (Wildman–Crippen MR) is 97.8 cm³/mol. The number of hydrogen-bond acceptors (Lipinski definition) is 7. The van der Waals surface area contributed by atoms with E-state index < -0.39 is 35.8 Å². The molecule has 1 aliphatic heterocycles. The van der Waals surface area contributed by atoms with E-state index in [1.54, 1.807) is 32.9 Å². The summed E-state index contributed by atoms with van der Waals surface area (Å²) in [5, 5.41) is 6.36. The fourth-order valence-electron chi connectivity index (χ4n) is 3.03. The van der Waals surface area contributed by atoms with Gasteiger partial charge in [-0.3, -0.25) is 14.5 Å². The quantitative estimate of drug-likeness (QED) is 0.556. The molecule has 0 aliphatic carbocycles. The Morgan fingerprint density at radius 1 is 1.31 bits per heavy atom. The number of aryl methyl sites for hydroxylation is 1. The van der Waals surface area contributed by atoms with Gasteiger partial charge in [-0.25, -0.2) is 9.18 Å². The number of amides is 3. The highest BCUT2D eigenvalue weighted by Gasteiger charge is 2.49. The van der Waals surface area contributed by atoms with Gasteiger partial charge in [-0.2, -0.15) is 4.98 Å². The number of carbonyl (C=O) groups excluding carboxylic acids is 3. The number of aromatic nitrogens is 2. The molecule has 154 valence electrons. The summed E-state index contributed by atoms with van der Waals surface area (Å²) in [7, 11) is 0. The van der Waals surface area contributed by atoms with Crippen LogP contribution in [0.15, 0.2) is 22.7 Å². The van der Waals surface area contributed by atoms with E-state index in [1.165, 1.54) is 6.07 Å². The topological polar surface area (TPSA) is 115 Å². The summed E-state index contributed by atoms with van der Waals surface area (Å²) in [5.41, 5.74) is -0.0755. The number of urea groups is 1. The largest absolute Gasteiger partial charge is 0.454 e. The van der Waals surface area contributed by atoms with Gasteiger partial charge in [0.2, 0.25) is 5.82 Å². The van der Waals surface area contributed by atoms with Crippen molar-refractivity contribution < 1.29 is 28.0 Å². The van der Waals surface area contributed by atoms with Gasteiger partial charge in [0.1, 0.15) is 17.9 Å². The van der Waals surface area contributed by atoms with Crippen molar-refractivity contribution in [1.82, 2.24) is 20.4 Å². The second kappa shape index (κ2) is 7.98. The summed E-state index contributed by atoms with van der Waals surface area (Å²) in [5.74, 6) is -1.49. The van der Waals surface area contributed by atoms with E-state index in [0.29, 0.717) is 24.0 Å². The molecule has 29 heavy (non-hydrogen) atoms. The Balaban J connectivity index is 1.59. The minimum absolute atomic E-state index is 0.00277. The maximum absolute atomic E-state index is 13.7. The lowest BCUT2D eigenvalue weighted by Crippen LogP contribution is -2.46. The van der Waals surface area contributed by atoms with Crippen molar-refractivity contribution in [2.45, 2.75) is 45.8 Å². The minimum atomic E-state index is -0.984. The average Bonchev–Trinajstić information content (AvgIpc) is 3.27. The molecule has 1 aromatic carbocycles. The Labute approximate surface area is 166 Å². The van der Waals surface area contributed by atoms with Gasteiger partial charge in [0, 0.05) is 5.56 Å². The zero-order valence-corrected chi connectivity index (χ0v) is 16.3. The lowest BCUT2D eigenvalue weighted by Gasteiger charge is -2.22. The number of esters is 1. The molecule has 0 radical (unpaired) electrons. The Kier molecular flexibility index (Phi) is 5.62. The number of hydrogen-bond donors (Lipinski definition) is 1. The monoisotopic (exact) mass is 404 g/mol. The number of nitrogens with one attached hydrogen (secondary N) is 1. The van der Waals surface area contributed by atoms with Gasteiger partial charge in [-0.15, -0.1) is 0 Å². The van der Waals surface area contributed by atoms with E-state index in [4.69, 9.17) is 9.26 Å². The molecule has 3 rings (SSSR count).